The van der Waals surface area contributed by atoms with Gasteiger partial charge >= 0.3 is 0 Å². The Morgan fingerprint density at radius 1 is 1.17 bits per heavy atom. The lowest BCUT2D eigenvalue weighted by Gasteiger charge is -2.02. The van der Waals surface area contributed by atoms with Gasteiger partial charge in [-0.15, -0.1) is 0 Å². The van der Waals surface area contributed by atoms with E-state index in [2.05, 4.69) is 10.5 Å². The number of carbonyl (C=O) groups is 1. The molecule has 2 aromatic carbocycles. The van der Waals surface area contributed by atoms with Crippen LogP contribution >= 0.6 is 0 Å². The van der Waals surface area contributed by atoms with E-state index in [0.29, 0.717) is 17.9 Å². The first-order chi connectivity index (χ1) is 11.7. The Morgan fingerprint density at radius 2 is 1.96 bits per heavy atom. The molecule has 0 spiro atoms. The summed E-state index contributed by atoms with van der Waals surface area (Å²) >= 11 is 0. The fourth-order valence-electron chi connectivity index (χ4n) is 2.34. The number of phenols is 1. The van der Waals surface area contributed by atoms with Crippen molar-refractivity contribution in [2.24, 2.45) is 5.10 Å². The molecule has 6 heteroatoms. The summed E-state index contributed by atoms with van der Waals surface area (Å²) in [5.74, 6) is 1.50. The summed E-state index contributed by atoms with van der Waals surface area (Å²) in [6.45, 7) is 0.230. The van der Waals surface area contributed by atoms with E-state index < -0.39 is 0 Å². The third-order valence-corrected chi connectivity index (χ3v) is 3.61. The minimum Gasteiger partial charge on any atom is -0.508 e. The average Bonchev–Trinajstić information content (AvgIpc) is 3.04. The van der Waals surface area contributed by atoms with E-state index in [4.69, 9.17) is 9.47 Å². The molecule has 0 aromatic heterocycles. The van der Waals surface area contributed by atoms with E-state index in [1.807, 2.05) is 30.3 Å². The van der Waals surface area contributed by atoms with Crippen molar-refractivity contribution in [2.75, 3.05) is 6.79 Å². The number of rotatable bonds is 6. The predicted octanol–water partition coefficient (Wildman–Crippen LogP) is 2.59. The number of carbonyl (C=O) groups excluding carboxylic acids is 1. The van der Waals surface area contributed by atoms with Gasteiger partial charge in [-0.2, -0.15) is 5.10 Å². The number of nitrogens with one attached hydrogen (secondary N) is 1. The summed E-state index contributed by atoms with van der Waals surface area (Å²) in [6.07, 6.45) is 3.45. The van der Waals surface area contributed by atoms with Crippen molar-refractivity contribution in [1.29, 1.82) is 0 Å². The highest BCUT2D eigenvalue weighted by Crippen LogP contribution is 2.31. The summed E-state index contributed by atoms with van der Waals surface area (Å²) < 4.78 is 10.5. The molecule has 24 heavy (non-hydrogen) atoms. The highest BCUT2D eigenvalue weighted by atomic mass is 16.7. The second-order valence-electron chi connectivity index (χ2n) is 5.43. The van der Waals surface area contributed by atoms with Crippen molar-refractivity contribution in [3.05, 3.63) is 53.6 Å². The molecule has 0 saturated carbocycles. The summed E-state index contributed by atoms with van der Waals surface area (Å²) in [6, 6.07) is 12.5. The van der Waals surface area contributed by atoms with Gasteiger partial charge in [0.15, 0.2) is 11.5 Å². The quantitative estimate of drug-likeness (QED) is 0.631. The average molecular weight is 326 g/mol. The van der Waals surface area contributed by atoms with Gasteiger partial charge in [0.1, 0.15) is 5.75 Å². The van der Waals surface area contributed by atoms with Crippen LogP contribution in [0.25, 0.3) is 0 Å². The predicted molar refractivity (Wildman–Crippen MR) is 89.3 cm³/mol. The van der Waals surface area contributed by atoms with Crippen molar-refractivity contribution >= 4 is 12.1 Å². The third-order valence-electron chi connectivity index (χ3n) is 3.61. The van der Waals surface area contributed by atoms with Crippen LogP contribution in [0.15, 0.2) is 47.6 Å². The Labute approximate surface area is 139 Å². The largest absolute Gasteiger partial charge is 0.508 e. The summed E-state index contributed by atoms with van der Waals surface area (Å²) in [5.41, 5.74) is 4.42. The number of hydrogen-bond donors (Lipinski definition) is 2. The molecule has 6 nitrogen and oxygen atoms in total. The van der Waals surface area contributed by atoms with E-state index in [0.717, 1.165) is 24.0 Å². The molecule has 0 radical (unpaired) electrons. The minimum absolute atomic E-state index is 0.134. The molecule has 0 unspecified atom stereocenters. The Balaban J connectivity index is 1.41. The first-order valence-corrected chi connectivity index (χ1v) is 7.70. The smallest absolute Gasteiger partial charge is 0.240 e. The second kappa shape index (κ2) is 7.50. The van der Waals surface area contributed by atoms with Gasteiger partial charge in [0.25, 0.3) is 0 Å². The first kappa shape index (κ1) is 15.9. The van der Waals surface area contributed by atoms with Crippen LogP contribution in [0.5, 0.6) is 17.2 Å². The molecule has 1 heterocycles. The number of aromatic hydroxyl groups is 1. The molecule has 1 amide bonds. The van der Waals surface area contributed by atoms with E-state index in [9.17, 15) is 9.90 Å². The fraction of sp³-hybridized carbons (Fsp3) is 0.222. The Kier molecular flexibility index (Phi) is 4.96. The molecular formula is C18H18N2O4. The molecule has 3 rings (SSSR count). The zero-order valence-electron chi connectivity index (χ0n) is 13.1. The Morgan fingerprint density at radius 3 is 2.79 bits per heavy atom. The van der Waals surface area contributed by atoms with E-state index >= 15 is 0 Å². The summed E-state index contributed by atoms with van der Waals surface area (Å²) in [4.78, 5) is 11.8. The topological polar surface area (TPSA) is 80.2 Å². The van der Waals surface area contributed by atoms with Gasteiger partial charge in [-0.25, -0.2) is 5.43 Å². The van der Waals surface area contributed by atoms with E-state index in [-0.39, 0.29) is 18.4 Å². The monoisotopic (exact) mass is 326 g/mol. The lowest BCUT2D eigenvalue weighted by molar-refractivity contribution is -0.121. The van der Waals surface area contributed by atoms with Gasteiger partial charge < -0.3 is 14.6 Å². The standard InChI is InChI=1S/C18H18N2O4/c21-15-7-4-13(5-8-15)2-1-3-18(22)20-19-11-14-6-9-16-17(10-14)24-12-23-16/h4-11,21H,1-3,12H2,(H,20,22)/b19-11+. The number of benzene rings is 2. The van der Waals surface area contributed by atoms with Gasteiger partial charge in [0, 0.05) is 6.42 Å². The molecule has 0 saturated heterocycles. The van der Waals surface area contributed by atoms with Crippen LogP contribution in [0.2, 0.25) is 0 Å². The number of amides is 1. The van der Waals surface area contributed by atoms with Crippen molar-refractivity contribution in [3.8, 4) is 17.2 Å². The third kappa shape index (κ3) is 4.25. The van der Waals surface area contributed by atoms with Crippen LogP contribution in [0.1, 0.15) is 24.0 Å². The highest BCUT2D eigenvalue weighted by molar-refractivity contribution is 5.83. The molecular weight excluding hydrogens is 308 g/mol. The minimum atomic E-state index is -0.134. The number of nitrogens with zero attached hydrogens (tertiary/aromatic N) is 1. The maximum Gasteiger partial charge on any atom is 0.240 e. The molecule has 2 aromatic rings. The number of aryl methyl sites for hydroxylation is 1. The van der Waals surface area contributed by atoms with Crippen LogP contribution in [-0.2, 0) is 11.2 Å². The zero-order chi connectivity index (χ0) is 16.8. The number of phenolic OH excluding ortho intramolecular Hbond substituents is 1. The van der Waals surface area contributed by atoms with E-state index in [1.165, 1.54) is 0 Å². The number of ether oxygens (including phenoxy) is 2. The van der Waals surface area contributed by atoms with Gasteiger partial charge in [0.2, 0.25) is 12.7 Å². The molecule has 124 valence electrons. The maximum atomic E-state index is 11.8. The molecule has 1 aliphatic rings. The zero-order valence-corrected chi connectivity index (χ0v) is 13.1. The van der Waals surface area contributed by atoms with Crippen molar-refractivity contribution < 1.29 is 19.4 Å². The molecule has 0 fully saturated rings. The maximum absolute atomic E-state index is 11.8. The van der Waals surface area contributed by atoms with Gasteiger partial charge in [-0.1, -0.05) is 12.1 Å². The first-order valence-electron chi connectivity index (χ1n) is 7.70. The molecule has 0 aliphatic carbocycles. The lowest BCUT2D eigenvalue weighted by atomic mass is 10.1. The van der Waals surface area contributed by atoms with Crippen LogP contribution in [-0.4, -0.2) is 24.0 Å². The van der Waals surface area contributed by atoms with Gasteiger partial charge in [0.05, 0.1) is 6.21 Å². The highest BCUT2D eigenvalue weighted by Gasteiger charge is 2.12. The van der Waals surface area contributed by atoms with Crippen molar-refractivity contribution in [1.82, 2.24) is 5.43 Å². The van der Waals surface area contributed by atoms with Gasteiger partial charge in [-0.05, 0) is 54.3 Å². The molecule has 0 atom stereocenters. The van der Waals surface area contributed by atoms with Gasteiger partial charge in [-0.3, -0.25) is 4.79 Å². The van der Waals surface area contributed by atoms with Crippen molar-refractivity contribution in [3.63, 3.8) is 0 Å². The van der Waals surface area contributed by atoms with Crippen LogP contribution in [0.4, 0.5) is 0 Å². The second-order valence-corrected chi connectivity index (χ2v) is 5.43. The summed E-state index contributed by atoms with van der Waals surface area (Å²) in [7, 11) is 0. The van der Waals surface area contributed by atoms with Crippen LogP contribution in [0.3, 0.4) is 0 Å². The lowest BCUT2D eigenvalue weighted by Crippen LogP contribution is -2.17. The van der Waals surface area contributed by atoms with E-state index in [1.54, 1.807) is 18.3 Å². The number of hydrogen-bond acceptors (Lipinski definition) is 5. The molecule has 1 aliphatic heterocycles. The normalized spacial score (nSPS) is 12.5. The SMILES string of the molecule is O=C(CCCc1ccc(O)cc1)N/N=C/c1ccc2c(c1)OCO2. The Bertz CT molecular complexity index is 741. The Hall–Kier alpha value is -3.02. The number of fused-ring (bicyclic) bond motifs is 1. The van der Waals surface area contributed by atoms with Crippen molar-refractivity contribution in [2.45, 2.75) is 19.3 Å². The number of hydrazone groups is 1. The molecule has 2 N–H and O–H groups in total. The fourth-order valence-corrected chi connectivity index (χ4v) is 2.34. The summed E-state index contributed by atoms with van der Waals surface area (Å²) in [5, 5.41) is 13.2. The van der Waals surface area contributed by atoms with Crippen LogP contribution < -0.4 is 14.9 Å². The molecule has 0 bridgehead atoms. The van der Waals surface area contributed by atoms with Crippen LogP contribution in [0, 0.1) is 0 Å².